The van der Waals surface area contributed by atoms with Gasteiger partial charge in [-0.2, -0.15) is 0 Å². The monoisotopic (exact) mass is 352 g/mol. The van der Waals surface area contributed by atoms with E-state index in [0.29, 0.717) is 6.61 Å². The average molecular weight is 352 g/mol. The highest BCUT2D eigenvalue weighted by Gasteiger charge is 2.18. The summed E-state index contributed by atoms with van der Waals surface area (Å²) >= 11 is 0. The van der Waals surface area contributed by atoms with Crippen LogP contribution >= 0.6 is 0 Å². The molecule has 0 N–H and O–H groups in total. The lowest BCUT2D eigenvalue weighted by molar-refractivity contribution is 0.157. The molecule has 2 heterocycles. The lowest BCUT2D eigenvalue weighted by atomic mass is 10.0. The number of nitrogens with zero attached hydrogens (tertiary/aromatic N) is 4. The molecule has 138 valence electrons. The highest BCUT2D eigenvalue weighted by atomic mass is 16.6. The summed E-state index contributed by atoms with van der Waals surface area (Å²) in [6.07, 6.45) is 2.76. The number of benzene rings is 1. The lowest BCUT2D eigenvalue weighted by Crippen LogP contribution is -2.47. The molecule has 1 aliphatic heterocycles. The molecular weight excluding hydrogens is 324 g/mol. The first-order valence-electron chi connectivity index (χ1n) is 9.41. The second-order valence-electron chi connectivity index (χ2n) is 6.54. The molecule has 0 saturated carbocycles. The van der Waals surface area contributed by atoms with Crippen LogP contribution in [0.5, 0.6) is 0 Å². The van der Waals surface area contributed by atoms with Gasteiger partial charge in [0.05, 0.1) is 5.71 Å². The van der Waals surface area contributed by atoms with Crippen LogP contribution in [0, 0.1) is 6.92 Å². The molecule has 5 nitrogen and oxygen atoms in total. The van der Waals surface area contributed by atoms with Crippen LogP contribution in [0.1, 0.15) is 24.5 Å². The average Bonchev–Trinajstić information content (AvgIpc) is 2.70. The Morgan fingerprint density at radius 1 is 1.08 bits per heavy atom. The summed E-state index contributed by atoms with van der Waals surface area (Å²) < 4.78 is 0. The number of anilines is 1. The quantitative estimate of drug-likeness (QED) is 0.566. The van der Waals surface area contributed by atoms with Crippen molar-refractivity contribution >= 4 is 11.5 Å². The van der Waals surface area contributed by atoms with Crippen LogP contribution in [-0.2, 0) is 4.84 Å². The predicted octanol–water partition coefficient (Wildman–Crippen LogP) is 3.34. The summed E-state index contributed by atoms with van der Waals surface area (Å²) in [5.74, 6) is 1.07. The van der Waals surface area contributed by atoms with E-state index in [0.717, 1.165) is 50.7 Å². The first-order valence-corrected chi connectivity index (χ1v) is 9.41. The second kappa shape index (κ2) is 9.34. The Morgan fingerprint density at radius 3 is 2.54 bits per heavy atom. The van der Waals surface area contributed by atoms with Gasteiger partial charge in [0.15, 0.2) is 0 Å². The van der Waals surface area contributed by atoms with Crippen molar-refractivity contribution in [1.82, 2.24) is 9.88 Å². The largest absolute Gasteiger partial charge is 0.396 e. The van der Waals surface area contributed by atoms with E-state index in [4.69, 9.17) is 4.84 Å². The Balaban J connectivity index is 1.56. The van der Waals surface area contributed by atoms with Gasteiger partial charge in [-0.25, -0.2) is 4.98 Å². The molecule has 0 spiro atoms. The topological polar surface area (TPSA) is 41.0 Å². The van der Waals surface area contributed by atoms with Gasteiger partial charge in [0.2, 0.25) is 0 Å². The molecule has 26 heavy (non-hydrogen) atoms. The number of hydrogen-bond acceptors (Lipinski definition) is 5. The lowest BCUT2D eigenvalue weighted by Gasteiger charge is -2.35. The number of aromatic nitrogens is 1. The third-order valence-electron chi connectivity index (χ3n) is 4.77. The third kappa shape index (κ3) is 4.82. The first-order chi connectivity index (χ1) is 12.8. The summed E-state index contributed by atoms with van der Waals surface area (Å²) in [7, 11) is 0. The van der Waals surface area contributed by atoms with E-state index < -0.39 is 0 Å². The summed E-state index contributed by atoms with van der Waals surface area (Å²) in [5.41, 5.74) is 3.47. The van der Waals surface area contributed by atoms with Crippen molar-refractivity contribution in [3.8, 4) is 0 Å². The molecular formula is C21H28N4O. The maximum Gasteiger partial charge on any atom is 0.128 e. The number of rotatable bonds is 7. The van der Waals surface area contributed by atoms with E-state index in [1.807, 2.05) is 25.3 Å². The zero-order valence-electron chi connectivity index (χ0n) is 15.8. The Labute approximate surface area is 156 Å². The van der Waals surface area contributed by atoms with Gasteiger partial charge in [-0.05, 0) is 31.5 Å². The molecule has 0 aliphatic carbocycles. The van der Waals surface area contributed by atoms with E-state index in [9.17, 15) is 0 Å². The molecule has 1 aromatic carbocycles. The number of aryl methyl sites for hydroxylation is 1. The zero-order chi connectivity index (χ0) is 18.2. The molecule has 3 rings (SSSR count). The van der Waals surface area contributed by atoms with Crippen molar-refractivity contribution in [2.45, 2.75) is 20.3 Å². The van der Waals surface area contributed by atoms with Gasteiger partial charge in [0.25, 0.3) is 0 Å². The Kier molecular flexibility index (Phi) is 6.61. The minimum Gasteiger partial charge on any atom is -0.396 e. The molecule has 0 atom stereocenters. The molecule has 1 aromatic heterocycles. The first kappa shape index (κ1) is 18.4. The molecule has 0 amide bonds. The Bertz CT molecular complexity index is 709. The van der Waals surface area contributed by atoms with Gasteiger partial charge in [-0.1, -0.05) is 35.5 Å². The van der Waals surface area contributed by atoms with Crippen LogP contribution in [0.25, 0.3) is 0 Å². The SMILES string of the molecule is CCON=C(CCN1CCN(c2ccccn2)CC1)c1ccccc1C. The minimum absolute atomic E-state index is 0.595. The van der Waals surface area contributed by atoms with Gasteiger partial charge in [-0.15, -0.1) is 0 Å². The van der Waals surface area contributed by atoms with Crippen LogP contribution in [0.4, 0.5) is 5.82 Å². The third-order valence-corrected chi connectivity index (χ3v) is 4.77. The Morgan fingerprint density at radius 2 is 1.85 bits per heavy atom. The summed E-state index contributed by atoms with van der Waals surface area (Å²) in [6, 6.07) is 14.5. The number of hydrogen-bond donors (Lipinski definition) is 0. The van der Waals surface area contributed by atoms with Crippen molar-refractivity contribution in [2.24, 2.45) is 5.16 Å². The Hall–Kier alpha value is -2.40. The molecule has 0 bridgehead atoms. The van der Waals surface area contributed by atoms with Crippen molar-refractivity contribution < 1.29 is 4.84 Å². The van der Waals surface area contributed by atoms with Gasteiger partial charge < -0.3 is 9.74 Å². The number of piperazine rings is 1. The van der Waals surface area contributed by atoms with Crippen molar-refractivity contribution in [3.05, 3.63) is 59.8 Å². The zero-order valence-corrected chi connectivity index (χ0v) is 15.8. The van der Waals surface area contributed by atoms with Crippen molar-refractivity contribution in [2.75, 3.05) is 44.2 Å². The van der Waals surface area contributed by atoms with Crippen LogP contribution in [-0.4, -0.2) is 54.9 Å². The van der Waals surface area contributed by atoms with Gasteiger partial charge in [-0.3, -0.25) is 4.90 Å². The standard InChI is InChI=1S/C21H28N4O/c1-3-26-23-20(19-9-5-4-8-18(19)2)11-13-24-14-16-25(17-15-24)21-10-6-7-12-22-21/h4-10,12H,3,11,13-17H2,1-2H3. The van der Waals surface area contributed by atoms with Gasteiger partial charge >= 0.3 is 0 Å². The van der Waals surface area contributed by atoms with E-state index in [1.165, 1.54) is 11.1 Å². The summed E-state index contributed by atoms with van der Waals surface area (Å²) in [6.45, 7) is 9.81. The van der Waals surface area contributed by atoms with Gasteiger partial charge in [0, 0.05) is 50.9 Å². The van der Waals surface area contributed by atoms with Crippen molar-refractivity contribution in [1.29, 1.82) is 0 Å². The minimum atomic E-state index is 0.595. The molecule has 1 saturated heterocycles. The fraction of sp³-hybridized carbons (Fsp3) is 0.429. The fourth-order valence-electron chi connectivity index (χ4n) is 3.27. The van der Waals surface area contributed by atoms with Crippen molar-refractivity contribution in [3.63, 3.8) is 0 Å². The number of oxime groups is 1. The van der Waals surface area contributed by atoms with Gasteiger partial charge in [0.1, 0.15) is 12.4 Å². The van der Waals surface area contributed by atoms with E-state index in [2.05, 4.69) is 57.2 Å². The molecule has 1 fully saturated rings. The smallest absolute Gasteiger partial charge is 0.128 e. The normalized spacial score (nSPS) is 15.9. The van der Waals surface area contributed by atoms with Crippen LogP contribution in [0.3, 0.4) is 0 Å². The maximum atomic E-state index is 5.37. The number of pyridine rings is 1. The molecule has 0 radical (unpaired) electrons. The maximum absolute atomic E-state index is 5.37. The highest BCUT2D eigenvalue weighted by Crippen LogP contribution is 2.15. The molecule has 5 heteroatoms. The van der Waals surface area contributed by atoms with E-state index in [1.54, 1.807) is 0 Å². The van der Waals surface area contributed by atoms with E-state index >= 15 is 0 Å². The second-order valence-corrected chi connectivity index (χ2v) is 6.54. The molecule has 2 aromatic rings. The van der Waals surface area contributed by atoms with Crippen LogP contribution < -0.4 is 4.90 Å². The molecule has 1 aliphatic rings. The van der Waals surface area contributed by atoms with Crippen LogP contribution in [0.2, 0.25) is 0 Å². The summed E-state index contributed by atoms with van der Waals surface area (Å²) in [5, 5.41) is 4.39. The summed E-state index contributed by atoms with van der Waals surface area (Å²) in [4.78, 5) is 14.7. The predicted molar refractivity (Wildman–Crippen MR) is 107 cm³/mol. The van der Waals surface area contributed by atoms with E-state index in [-0.39, 0.29) is 0 Å². The fourth-order valence-corrected chi connectivity index (χ4v) is 3.27. The molecule has 0 unspecified atom stereocenters. The van der Waals surface area contributed by atoms with Crippen LogP contribution in [0.15, 0.2) is 53.8 Å². The highest BCUT2D eigenvalue weighted by molar-refractivity contribution is 6.01.